The van der Waals surface area contributed by atoms with Crippen LogP contribution in [0.2, 0.25) is 0 Å². The molecule has 1 aliphatic heterocycles. The predicted molar refractivity (Wildman–Crippen MR) is 100 cm³/mol. The highest BCUT2D eigenvalue weighted by Gasteiger charge is 2.30. The summed E-state index contributed by atoms with van der Waals surface area (Å²) in [5.41, 5.74) is 0. The van der Waals surface area contributed by atoms with Gasteiger partial charge >= 0.3 is 0 Å². The van der Waals surface area contributed by atoms with Crippen LogP contribution in [-0.4, -0.2) is 37.8 Å². The van der Waals surface area contributed by atoms with Gasteiger partial charge in [-0.05, 0) is 36.6 Å². The zero-order valence-electron chi connectivity index (χ0n) is 14.7. The molecule has 0 spiro atoms. The first-order chi connectivity index (χ1) is 12.1. The zero-order chi connectivity index (χ0) is 17.7. The molecule has 2 heterocycles. The molecule has 3 rings (SSSR count). The molecule has 140 valence electrons. The van der Waals surface area contributed by atoms with Gasteiger partial charge in [-0.25, -0.2) is 8.42 Å². The van der Waals surface area contributed by atoms with Crippen LogP contribution in [0.1, 0.15) is 57.8 Å². The average molecular weight is 385 g/mol. The van der Waals surface area contributed by atoms with Crippen LogP contribution in [0.15, 0.2) is 21.7 Å². The number of hydrogen-bond acceptors (Lipinski definition) is 4. The van der Waals surface area contributed by atoms with Gasteiger partial charge < -0.3 is 5.32 Å². The van der Waals surface area contributed by atoms with Crippen molar-refractivity contribution in [1.82, 2.24) is 9.62 Å². The lowest BCUT2D eigenvalue weighted by Gasteiger charge is -2.31. The maximum absolute atomic E-state index is 12.5. The van der Waals surface area contributed by atoms with Crippen LogP contribution in [0.3, 0.4) is 0 Å². The van der Waals surface area contributed by atoms with E-state index in [9.17, 15) is 13.2 Å². The lowest BCUT2D eigenvalue weighted by Crippen LogP contribution is -2.46. The monoisotopic (exact) mass is 384 g/mol. The standard InChI is InChI=1S/C18H28N2O3S2/c21-17(9-8-15-5-2-1-3-6-15)19-16-10-12-20(13-11-16)25(22,23)18-7-4-14-24-18/h4,7,14-16H,1-3,5-6,8-13H2,(H,19,21). The normalized spacial score (nSPS) is 21.3. The number of sulfonamides is 1. The largest absolute Gasteiger partial charge is 0.353 e. The Labute approximate surface area is 154 Å². The van der Waals surface area contributed by atoms with Crippen LogP contribution < -0.4 is 5.32 Å². The first kappa shape index (κ1) is 18.9. The SMILES string of the molecule is O=C(CCC1CCCCC1)NC1CCN(S(=O)(=O)c2cccs2)CC1. The fourth-order valence-corrected chi connectivity index (χ4v) is 6.50. The molecule has 0 aromatic carbocycles. The van der Waals surface area contributed by atoms with E-state index in [1.165, 1.54) is 43.4 Å². The highest BCUT2D eigenvalue weighted by atomic mass is 32.2. The highest BCUT2D eigenvalue weighted by molar-refractivity contribution is 7.91. The van der Waals surface area contributed by atoms with Crippen molar-refractivity contribution in [3.63, 3.8) is 0 Å². The summed E-state index contributed by atoms with van der Waals surface area (Å²) in [7, 11) is -3.36. The molecule has 1 aromatic rings. The van der Waals surface area contributed by atoms with E-state index >= 15 is 0 Å². The van der Waals surface area contributed by atoms with Gasteiger partial charge in [-0.2, -0.15) is 4.31 Å². The number of carbonyl (C=O) groups is 1. The smallest absolute Gasteiger partial charge is 0.252 e. The Morgan fingerprint density at radius 2 is 1.88 bits per heavy atom. The summed E-state index contributed by atoms with van der Waals surface area (Å²) < 4.78 is 27.0. The number of amides is 1. The first-order valence-electron chi connectivity index (χ1n) is 9.39. The minimum Gasteiger partial charge on any atom is -0.353 e. The Hall–Kier alpha value is -0.920. The Balaban J connectivity index is 1.41. The number of carbonyl (C=O) groups excluding carboxylic acids is 1. The predicted octanol–water partition coefficient (Wildman–Crippen LogP) is 3.38. The summed E-state index contributed by atoms with van der Waals surface area (Å²) in [5, 5.41) is 4.89. The van der Waals surface area contributed by atoms with Crippen LogP contribution >= 0.6 is 11.3 Å². The van der Waals surface area contributed by atoms with Gasteiger partial charge in [0.2, 0.25) is 5.91 Å². The van der Waals surface area contributed by atoms with Crippen molar-refractivity contribution >= 4 is 27.3 Å². The average Bonchev–Trinajstić information content (AvgIpc) is 3.17. The third kappa shape index (κ3) is 5.05. The molecule has 1 aromatic heterocycles. The lowest BCUT2D eigenvalue weighted by atomic mass is 9.86. The van der Waals surface area contributed by atoms with Gasteiger partial charge in [0.15, 0.2) is 0 Å². The van der Waals surface area contributed by atoms with Gasteiger partial charge in [0.05, 0.1) is 0 Å². The third-order valence-electron chi connectivity index (χ3n) is 5.41. The second-order valence-corrected chi connectivity index (χ2v) is 10.3. The van der Waals surface area contributed by atoms with Crippen LogP contribution in [0, 0.1) is 5.92 Å². The van der Waals surface area contributed by atoms with Crippen molar-refractivity contribution < 1.29 is 13.2 Å². The summed E-state index contributed by atoms with van der Waals surface area (Å²) in [5.74, 6) is 0.849. The van der Waals surface area contributed by atoms with Crippen LogP contribution in [0.5, 0.6) is 0 Å². The molecule has 1 saturated carbocycles. The van der Waals surface area contributed by atoms with Crippen LogP contribution in [-0.2, 0) is 14.8 Å². The maximum Gasteiger partial charge on any atom is 0.252 e. The van der Waals surface area contributed by atoms with E-state index in [4.69, 9.17) is 0 Å². The van der Waals surface area contributed by atoms with E-state index in [0.29, 0.717) is 36.6 Å². The molecule has 0 radical (unpaired) electrons. The fraction of sp³-hybridized carbons (Fsp3) is 0.722. The second kappa shape index (κ2) is 8.64. The molecule has 0 bridgehead atoms. The van der Waals surface area contributed by atoms with Crippen molar-refractivity contribution in [3.05, 3.63) is 17.5 Å². The fourth-order valence-electron chi connectivity index (χ4n) is 3.89. The van der Waals surface area contributed by atoms with E-state index < -0.39 is 10.0 Å². The molecule has 2 fully saturated rings. The van der Waals surface area contributed by atoms with Crippen molar-refractivity contribution in [2.75, 3.05) is 13.1 Å². The van der Waals surface area contributed by atoms with Crippen molar-refractivity contribution in [3.8, 4) is 0 Å². The summed E-state index contributed by atoms with van der Waals surface area (Å²) in [6.45, 7) is 0.960. The Kier molecular flexibility index (Phi) is 6.52. The molecule has 1 N–H and O–H groups in total. The van der Waals surface area contributed by atoms with Crippen LogP contribution in [0.25, 0.3) is 0 Å². The second-order valence-electron chi connectivity index (χ2n) is 7.22. The van der Waals surface area contributed by atoms with Crippen molar-refractivity contribution in [2.45, 2.75) is 68.0 Å². The molecular formula is C18H28N2O3S2. The molecule has 1 aliphatic carbocycles. The quantitative estimate of drug-likeness (QED) is 0.818. The van der Waals surface area contributed by atoms with Gasteiger partial charge in [0.25, 0.3) is 10.0 Å². The number of hydrogen-bond donors (Lipinski definition) is 1. The topological polar surface area (TPSA) is 66.5 Å². The molecule has 2 aliphatic rings. The first-order valence-corrected chi connectivity index (χ1v) is 11.7. The molecule has 1 amide bonds. The molecule has 1 saturated heterocycles. The lowest BCUT2D eigenvalue weighted by molar-refractivity contribution is -0.122. The Morgan fingerprint density at radius 3 is 2.52 bits per heavy atom. The molecular weight excluding hydrogens is 356 g/mol. The van der Waals surface area contributed by atoms with Crippen LogP contribution in [0.4, 0.5) is 0 Å². The molecule has 7 heteroatoms. The van der Waals surface area contributed by atoms with Gasteiger partial charge in [-0.15, -0.1) is 11.3 Å². The summed E-state index contributed by atoms with van der Waals surface area (Å²) in [6.07, 6.45) is 9.50. The summed E-state index contributed by atoms with van der Waals surface area (Å²) >= 11 is 1.26. The molecule has 0 unspecified atom stereocenters. The third-order valence-corrected chi connectivity index (χ3v) is 8.68. The number of nitrogens with zero attached hydrogens (tertiary/aromatic N) is 1. The van der Waals surface area contributed by atoms with Gasteiger partial charge in [0, 0.05) is 25.6 Å². The molecule has 5 nitrogen and oxygen atoms in total. The summed E-state index contributed by atoms with van der Waals surface area (Å²) in [6, 6.07) is 3.52. The Morgan fingerprint density at radius 1 is 1.16 bits per heavy atom. The number of thiophene rings is 1. The zero-order valence-corrected chi connectivity index (χ0v) is 16.3. The van der Waals surface area contributed by atoms with Gasteiger partial charge in [0.1, 0.15) is 4.21 Å². The molecule has 0 atom stereocenters. The van der Waals surface area contributed by atoms with E-state index in [2.05, 4.69) is 5.32 Å². The van der Waals surface area contributed by atoms with Gasteiger partial charge in [-0.3, -0.25) is 4.79 Å². The minimum absolute atomic E-state index is 0.105. The highest BCUT2D eigenvalue weighted by Crippen LogP contribution is 2.27. The van der Waals surface area contributed by atoms with E-state index in [1.54, 1.807) is 21.8 Å². The Bertz CT molecular complexity index is 644. The number of piperidine rings is 1. The maximum atomic E-state index is 12.5. The van der Waals surface area contributed by atoms with Gasteiger partial charge in [-0.1, -0.05) is 38.2 Å². The van der Waals surface area contributed by atoms with Crippen molar-refractivity contribution in [2.24, 2.45) is 5.92 Å². The van der Waals surface area contributed by atoms with E-state index in [-0.39, 0.29) is 11.9 Å². The number of rotatable bonds is 6. The number of nitrogens with one attached hydrogen (secondary N) is 1. The van der Waals surface area contributed by atoms with E-state index in [1.807, 2.05) is 0 Å². The van der Waals surface area contributed by atoms with Crippen molar-refractivity contribution in [1.29, 1.82) is 0 Å². The van der Waals surface area contributed by atoms with E-state index in [0.717, 1.165) is 12.3 Å². The minimum atomic E-state index is -3.36. The summed E-state index contributed by atoms with van der Waals surface area (Å²) in [4.78, 5) is 12.2. The molecule has 25 heavy (non-hydrogen) atoms.